The third-order valence-electron chi connectivity index (χ3n) is 4.05. The van der Waals surface area contributed by atoms with E-state index in [4.69, 9.17) is 4.74 Å². The zero-order valence-electron chi connectivity index (χ0n) is 12.8. The first-order valence-electron chi connectivity index (χ1n) is 7.90. The first kappa shape index (κ1) is 14.6. The number of hydrogen-bond donors (Lipinski definition) is 1. The maximum absolute atomic E-state index is 12.4. The van der Waals surface area contributed by atoms with Crippen LogP contribution in [0.2, 0.25) is 0 Å². The van der Waals surface area contributed by atoms with Gasteiger partial charge in [-0.15, -0.1) is 0 Å². The molecule has 114 valence electrons. The minimum atomic E-state index is -0.476. The third-order valence-corrected chi connectivity index (χ3v) is 4.05. The predicted molar refractivity (Wildman–Crippen MR) is 88.2 cm³/mol. The van der Waals surface area contributed by atoms with Gasteiger partial charge in [-0.25, -0.2) is 0 Å². The largest absolute Gasteiger partial charge is 0.481 e. The van der Waals surface area contributed by atoms with Crippen molar-refractivity contribution >= 4 is 11.6 Å². The van der Waals surface area contributed by atoms with Crippen LogP contribution >= 0.6 is 0 Å². The summed E-state index contributed by atoms with van der Waals surface area (Å²) in [4.78, 5) is 12.4. The highest BCUT2D eigenvalue weighted by atomic mass is 16.5. The summed E-state index contributed by atoms with van der Waals surface area (Å²) in [6, 6.07) is 15.7. The Labute approximate surface area is 131 Å². The van der Waals surface area contributed by atoms with Crippen LogP contribution in [0.5, 0.6) is 5.75 Å². The molecule has 2 aromatic rings. The second-order valence-corrected chi connectivity index (χ2v) is 5.65. The number of ether oxygens (including phenoxy) is 1. The number of aryl methyl sites for hydroxylation is 2. The quantitative estimate of drug-likeness (QED) is 0.906. The van der Waals surface area contributed by atoms with Gasteiger partial charge in [-0.3, -0.25) is 4.79 Å². The van der Waals surface area contributed by atoms with Crippen molar-refractivity contribution in [2.24, 2.45) is 0 Å². The van der Waals surface area contributed by atoms with Gasteiger partial charge in [0, 0.05) is 5.69 Å². The van der Waals surface area contributed by atoms with Gasteiger partial charge in [0.2, 0.25) is 0 Å². The zero-order chi connectivity index (χ0) is 15.4. The number of hydrogen-bond acceptors (Lipinski definition) is 2. The van der Waals surface area contributed by atoms with Crippen molar-refractivity contribution in [2.75, 3.05) is 5.32 Å². The number of amides is 1. The first-order chi connectivity index (χ1) is 10.8. The van der Waals surface area contributed by atoms with Crippen LogP contribution in [0.4, 0.5) is 5.69 Å². The summed E-state index contributed by atoms with van der Waals surface area (Å²) in [6.07, 6.45) is 3.62. The smallest absolute Gasteiger partial charge is 0.265 e. The highest BCUT2D eigenvalue weighted by Crippen LogP contribution is 2.25. The molecule has 3 heteroatoms. The summed E-state index contributed by atoms with van der Waals surface area (Å²) in [5.41, 5.74) is 3.63. The van der Waals surface area contributed by atoms with Gasteiger partial charge in [-0.05, 0) is 61.1 Å². The molecule has 0 aromatic heterocycles. The van der Waals surface area contributed by atoms with Crippen molar-refractivity contribution in [3.05, 3.63) is 59.7 Å². The number of nitrogens with one attached hydrogen (secondary N) is 1. The lowest BCUT2D eigenvalue weighted by Crippen LogP contribution is -2.32. The number of rotatable bonds is 5. The van der Waals surface area contributed by atoms with Crippen LogP contribution < -0.4 is 10.1 Å². The van der Waals surface area contributed by atoms with Gasteiger partial charge >= 0.3 is 0 Å². The van der Waals surface area contributed by atoms with E-state index in [1.807, 2.05) is 43.3 Å². The molecule has 0 aliphatic heterocycles. The topological polar surface area (TPSA) is 38.3 Å². The fourth-order valence-corrected chi connectivity index (χ4v) is 2.86. The van der Waals surface area contributed by atoms with Crippen molar-refractivity contribution in [1.82, 2.24) is 0 Å². The molecule has 2 aromatic carbocycles. The SMILES string of the molecule is CC[C@@H](Oc1ccccc1)C(=O)Nc1ccc2c(c1)CCC2. The summed E-state index contributed by atoms with van der Waals surface area (Å²) in [5, 5.41) is 2.98. The maximum atomic E-state index is 12.4. The Hall–Kier alpha value is -2.29. The van der Waals surface area contributed by atoms with E-state index in [9.17, 15) is 4.79 Å². The molecule has 0 fully saturated rings. The summed E-state index contributed by atoms with van der Waals surface area (Å²) in [6.45, 7) is 1.95. The molecule has 1 atom stereocenters. The molecule has 0 heterocycles. The highest BCUT2D eigenvalue weighted by Gasteiger charge is 2.19. The highest BCUT2D eigenvalue weighted by molar-refractivity contribution is 5.94. The van der Waals surface area contributed by atoms with Crippen LogP contribution in [0.25, 0.3) is 0 Å². The Bertz CT molecular complexity index is 652. The normalized spacial score (nSPS) is 14.2. The van der Waals surface area contributed by atoms with E-state index < -0.39 is 6.10 Å². The molecule has 1 aliphatic rings. The lowest BCUT2D eigenvalue weighted by atomic mass is 10.1. The molecule has 3 rings (SSSR count). The lowest BCUT2D eigenvalue weighted by molar-refractivity contribution is -0.122. The Morgan fingerprint density at radius 1 is 1.14 bits per heavy atom. The van der Waals surface area contributed by atoms with Crippen molar-refractivity contribution in [3.63, 3.8) is 0 Å². The number of benzene rings is 2. The second kappa shape index (κ2) is 6.65. The van der Waals surface area contributed by atoms with Crippen LogP contribution in [0.3, 0.4) is 0 Å². The molecule has 1 N–H and O–H groups in total. The van der Waals surface area contributed by atoms with Gasteiger partial charge in [-0.2, -0.15) is 0 Å². The van der Waals surface area contributed by atoms with E-state index >= 15 is 0 Å². The summed E-state index contributed by atoms with van der Waals surface area (Å²) < 4.78 is 5.78. The average molecular weight is 295 g/mol. The predicted octanol–water partition coefficient (Wildman–Crippen LogP) is 3.97. The minimum Gasteiger partial charge on any atom is -0.481 e. The van der Waals surface area contributed by atoms with Gasteiger partial charge in [0.05, 0.1) is 0 Å². The van der Waals surface area contributed by atoms with E-state index in [1.54, 1.807) is 0 Å². The number of carbonyl (C=O) groups is 1. The Morgan fingerprint density at radius 2 is 1.91 bits per heavy atom. The lowest BCUT2D eigenvalue weighted by Gasteiger charge is -2.17. The van der Waals surface area contributed by atoms with E-state index in [2.05, 4.69) is 17.4 Å². The summed E-state index contributed by atoms with van der Waals surface area (Å²) in [5.74, 6) is 0.628. The molecule has 0 unspecified atom stereocenters. The number of para-hydroxylation sites is 1. The number of anilines is 1. The van der Waals surface area contributed by atoms with Crippen molar-refractivity contribution in [3.8, 4) is 5.75 Å². The van der Waals surface area contributed by atoms with Gasteiger partial charge in [0.15, 0.2) is 6.10 Å². The Kier molecular flexibility index (Phi) is 4.42. The van der Waals surface area contributed by atoms with Crippen molar-refractivity contribution in [2.45, 2.75) is 38.7 Å². The van der Waals surface area contributed by atoms with Gasteiger partial charge in [-0.1, -0.05) is 31.2 Å². The monoisotopic (exact) mass is 295 g/mol. The second-order valence-electron chi connectivity index (χ2n) is 5.65. The van der Waals surface area contributed by atoms with Crippen LogP contribution in [0, 0.1) is 0 Å². The van der Waals surface area contributed by atoms with Crippen LogP contribution in [0.15, 0.2) is 48.5 Å². The van der Waals surface area contributed by atoms with Crippen molar-refractivity contribution in [1.29, 1.82) is 0 Å². The van der Waals surface area contributed by atoms with Crippen LogP contribution in [-0.4, -0.2) is 12.0 Å². The summed E-state index contributed by atoms with van der Waals surface area (Å²) >= 11 is 0. The molecule has 0 spiro atoms. The third kappa shape index (κ3) is 3.30. The molecular weight excluding hydrogens is 274 g/mol. The van der Waals surface area contributed by atoms with E-state index in [-0.39, 0.29) is 5.91 Å². The maximum Gasteiger partial charge on any atom is 0.265 e. The van der Waals surface area contributed by atoms with Gasteiger partial charge in [0.25, 0.3) is 5.91 Å². The fraction of sp³-hybridized carbons (Fsp3) is 0.316. The molecule has 0 radical (unpaired) electrons. The Morgan fingerprint density at radius 3 is 2.68 bits per heavy atom. The molecule has 1 amide bonds. The standard InChI is InChI=1S/C19H21NO2/c1-2-18(22-17-9-4-3-5-10-17)19(21)20-16-12-11-14-7-6-8-15(14)13-16/h3-5,9-13,18H,2,6-8H2,1H3,(H,20,21)/t18-/m1/s1. The molecule has 3 nitrogen and oxygen atoms in total. The van der Waals surface area contributed by atoms with E-state index in [0.717, 1.165) is 24.3 Å². The molecule has 0 bridgehead atoms. The van der Waals surface area contributed by atoms with Crippen molar-refractivity contribution < 1.29 is 9.53 Å². The fourth-order valence-electron chi connectivity index (χ4n) is 2.86. The average Bonchev–Trinajstić information content (AvgIpc) is 3.01. The molecular formula is C19H21NO2. The minimum absolute atomic E-state index is 0.0932. The molecule has 0 saturated carbocycles. The van der Waals surface area contributed by atoms with Crippen LogP contribution in [-0.2, 0) is 17.6 Å². The summed E-state index contributed by atoms with van der Waals surface area (Å²) in [7, 11) is 0. The van der Waals surface area contributed by atoms with E-state index in [1.165, 1.54) is 17.5 Å². The molecule has 1 aliphatic carbocycles. The molecule has 0 saturated heterocycles. The number of carbonyl (C=O) groups excluding carboxylic acids is 1. The number of fused-ring (bicyclic) bond motifs is 1. The first-order valence-corrected chi connectivity index (χ1v) is 7.90. The Balaban J connectivity index is 1.67. The zero-order valence-corrected chi connectivity index (χ0v) is 12.8. The van der Waals surface area contributed by atoms with Gasteiger partial charge < -0.3 is 10.1 Å². The van der Waals surface area contributed by atoms with E-state index in [0.29, 0.717) is 6.42 Å². The molecule has 22 heavy (non-hydrogen) atoms. The van der Waals surface area contributed by atoms with Crippen LogP contribution in [0.1, 0.15) is 30.9 Å². The van der Waals surface area contributed by atoms with Gasteiger partial charge in [0.1, 0.15) is 5.75 Å².